The highest BCUT2D eigenvalue weighted by molar-refractivity contribution is 5.74. The van der Waals surface area contributed by atoms with Gasteiger partial charge in [-0.25, -0.2) is 0 Å². The summed E-state index contributed by atoms with van der Waals surface area (Å²) in [5.41, 5.74) is 0. The van der Waals surface area contributed by atoms with Crippen LogP contribution < -0.4 is 0 Å². The zero-order valence-electron chi connectivity index (χ0n) is 8.03. The van der Waals surface area contributed by atoms with Crippen LogP contribution in [0, 0.1) is 5.92 Å². The molecule has 4 nitrogen and oxygen atoms in total. The van der Waals surface area contributed by atoms with Crippen molar-refractivity contribution < 1.29 is 14.4 Å². The summed E-state index contributed by atoms with van der Waals surface area (Å²) >= 11 is 0. The van der Waals surface area contributed by atoms with Crippen molar-refractivity contribution in [1.82, 2.24) is 5.06 Å². The van der Waals surface area contributed by atoms with Crippen LogP contribution in [0.15, 0.2) is 0 Å². The molecule has 0 aliphatic carbocycles. The van der Waals surface area contributed by atoms with E-state index < -0.39 is 0 Å². The largest absolute Gasteiger partial charge is 0.469 e. The van der Waals surface area contributed by atoms with Crippen LogP contribution in [0.1, 0.15) is 19.8 Å². The molecule has 2 rings (SSSR count). The molecule has 0 radical (unpaired) electrons. The Labute approximate surface area is 77.7 Å². The van der Waals surface area contributed by atoms with Crippen LogP contribution in [0.3, 0.4) is 0 Å². The monoisotopic (exact) mass is 185 g/mol. The number of ether oxygens (including phenoxy) is 1. The van der Waals surface area contributed by atoms with Gasteiger partial charge in [-0.05, 0) is 19.8 Å². The van der Waals surface area contributed by atoms with E-state index in [4.69, 9.17) is 9.57 Å². The van der Waals surface area contributed by atoms with Gasteiger partial charge in [0.1, 0.15) is 5.92 Å². The maximum atomic E-state index is 11.4. The molecule has 0 aromatic heterocycles. The Morgan fingerprint density at radius 2 is 2.38 bits per heavy atom. The van der Waals surface area contributed by atoms with Gasteiger partial charge in [-0.1, -0.05) is 0 Å². The summed E-state index contributed by atoms with van der Waals surface area (Å²) in [6, 6.07) is 0.252. The van der Waals surface area contributed by atoms with E-state index in [9.17, 15) is 4.79 Å². The van der Waals surface area contributed by atoms with Gasteiger partial charge in [-0.15, -0.1) is 0 Å². The van der Waals surface area contributed by atoms with E-state index in [2.05, 4.69) is 0 Å². The van der Waals surface area contributed by atoms with Gasteiger partial charge in [0.25, 0.3) is 0 Å². The van der Waals surface area contributed by atoms with Crippen LogP contribution in [0.2, 0.25) is 0 Å². The van der Waals surface area contributed by atoms with Gasteiger partial charge in [0.15, 0.2) is 0 Å². The second-order valence-corrected chi connectivity index (χ2v) is 3.71. The van der Waals surface area contributed by atoms with Gasteiger partial charge in [0.2, 0.25) is 0 Å². The van der Waals surface area contributed by atoms with Gasteiger partial charge < -0.3 is 4.74 Å². The number of esters is 1. The van der Waals surface area contributed by atoms with Crippen molar-refractivity contribution in [3.8, 4) is 0 Å². The zero-order valence-corrected chi connectivity index (χ0v) is 8.03. The lowest BCUT2D eigenvalue weighted by atomic mass is 9.95. The van der Waals surface area contributed by atoms with E-state index in [1.54, 1.807) is 0 Å². The quantitative estimate of drug-likeness (QED) is 0.560. The van der Waals surface area contributed by atoms with Crippen molar-refractivity contribution in [2.75, 3.05) is 13.7 Å². The van der Waals surface area contributed by atoms with Crippen LogP contribution in [0.4, 0.5) is 0 Å². The number of rotatable bonds is 1. The second-order valence-electron chi connectivity index (χ2n) is 3.71. The lowest BCUT2D eigenvalue weighted by molar-refractivity contribution is -0.151. The van der Waals surface area contributed by atoms with Crippen LogP contribution in [0.25, 0.3) is 0 Å². The van der Waals surface area contributed by atoms with Gasteiger partial charge in [-0.3, -0.25) is 9.63 Å². The van der Waals surface area contributed by atoms with Crippen LogP contribution in [-0.2, 0) is 14.4 Å². The molecule has 0 aromatic rings. The first-order valence-corrected chi connectivity index (χ1v) is 4.75. The average Bonchev–Trinajstić information content (AvgIpc) is 2.62. The number of methoxy groups -OCH3 is 1. The van der Waals surface area contributed by atoms with Gasteiger partial charge >= 0.3 is 5.97 Å². The van der Waals surface area contributed by atoms with E-state index in [0.29, 0.717) is 0 Å². The maximum absolute atomic E-state index is 11.4. The van der Waals surface area contributed by atoms with Crippen molar-refractivity contribution in [2.24, 2.45) is 5.92 Å². The molecule has 2 fully saturated rings. The minimum Gasteiger partial charge on any atom is -0.469 e. The minimum absolute atomic E-state index is 0.0299. The molecule has 0 aromatic carbocycles. The number of fused-ring (bicyclic) bond motifs is 1. The van der Waals surface area contributed by atoms with Crippen molar-refractivity contribution in [2.45, 2.75) is 31.9 Å². The molecule has 0 unspecified atom stereocenters. The minimum atomic E-state index is -0.137. The molecule has 0 amide bonds. The fourth-order valence-corrected chi connectivity index (χ4v) is 2.33. The highest BCUT2D eigenvalue weighted by atomic mass is 16.7. The summed E-state index contributed by atoms with van der Waals surface area (Å²) in [4.78, 5) is 17.0. The number of carbonyl (C=O) groups excluding carboxylic acids is 1. The second kappa shape index (κ2) is 3.27. The Morgan fingerprint density at radius 1 is 1.62 bits per heavy atom. The Kier molecular flexibility index (Phi) is 2.26. The predicted octanol–water partition coefficient (Wildman–Crippen LogP) is 0.574. The molecule has 2 aliphatic rings. The topological polar surface area (TPSA) is 38.8 Å². The molecule has 2 saturated heterocycles. The fraction of sp³-hybridized carbons (Fsp3) is 0.889. The lowest BCUT2D eigenvalue weighted by Gasteiger charge is -2.15. The summed E-state index contributed by atoms with van der Waals surface area (Å²) in [7, 11) is 1.44. The van der Waals surface area contributed by atoms with Crippen molar-refractivity contribution in [3.63, 3.8) is 0 Å². The maximum Gasteiger partial charge on any atom is 0.313 e. The number of hydrogen-bond acceptors (Lipinski definition) is 4. The van der Waals surface area contributed by atoms with Crippen molar-refractivity contribution >= 4 is 5.97 Å². The Morgan fingerprint density at radius 3 is 3.08 bits per heavy atom. The van der Waals surface area contributed by atoms with E-state index in [-0.39, 0.29) is 24.0 Å². The third kappa shape index (κ3) is 1.34. The van der Waals surface area contributed by atoms with Crippen LogP contribution in [-0.4, -0.2) is 36.8 Å². The Bertz CT molecular complexity index is 219. The summed E-state index contributed by atoms with van der Waals surface area (Å²) < 4.78 is 4.77. The Hall–Kier alpha value is -0.610. The zero-order chi connectivity index (χ0) is 9.42. The van der Waals surface area contributed by atoms with E-state index >= 15 is 0 Å². The Balaban J connectivity index is 2.12. The first-order chi connectivity index (χ1) is 6.24. The number of carbonyl (C=O) groups is 1. The first-order valence-electron chi connectivity index (χ1n) is 4.75. The van der Waals surface area contributed by atoms with E-state index in [1.807, 2.05) is 12.0 Å². The summed E-state index contributed by atoms with van der Waals surface area (Å²) in [6.45, 7) is 2.88. The molecule has 2 aliphatic heterocycles. The van der Waals surface area contributed by atoms with E-state index in [0.717, 1.165) is 19.4 Å². The molecule has 0 saturated carbocycles. The van der Waals surface area contributed by atoms with E-state index in [1.165, 1.54) is 7.11 Å². The molecule has 4 heteroatoms. The molecule has 13 heavy (non-hydrogen) atoms. The smallest absolute Gasteiger partial charge is 0.313 e. The third-order valence-corrected chi connectivity index (χ3v) is 2.94. The molecule has 2 heterocycles. The highest BCUT2D eigenvalue weighted by Crippen LogP contribution is 2.35. The molecule has 0 bridgehead atoms. The lowest BCUT2D eigenvalue weighted by Crippen LogP contribution is -2.32. The molecule has 3 atom stereocenters. The molecule has 0 N–H and O–H groups in total. The SMILES string of the molecule is COC(=O)[C@H]1[C@H](C)ON2CCC[C@@H]12. The van der Waals surface area contributed by atoms with Crippen molar-refractivity contribution in [1.29, 1.82) is 0 Å². The number of hydroxylamine groups is 2. The standard InChI is InChI=1S/C9H15NO3/c1-6-8(9(11)12-2)7-4-3-5-10(7)13-6/h6-8H,3-5H2,1-2H3/t6-,7-,8-/m0/s1. The fourth-order valence-electron chi connectivity index (χ4n) is 2.33. The van der Waals surface area contributed by atoms with Crippen molar-refractivity contribution in [3.05, 3.63) is 0 Å². The summed E-state index contributed by atoms with van der Waals surface area (Å²) in [5.74, 6) is -0.227. The van der Waals surface area contributed by atoms with Gasteiger partial charge in [0, 0.05) is 6.54 Å². The predicted molar refractivity (Wildman–Crippen MR) is 45.8 cm³/mol. The molecular formula is C9H15NO3. The summed E-state index contributed by atoms with van der Waals surface area (Å²) in [6.07, 6.45) is 2.13. The molecular weight excluding hydrogens is 170 g/mol. The first kappa shape index (κ1) is 8.97. The highest BCUT2D eigenvalue weighted by Gasteiger charge is 2.47. The van der Waals surface area contributed by atoms with Crippen LogP contribution >= 0.6 is 0 Å². The average molecular weight is 185 g/mol. The van der Waals surface area contributed by atoms with Gasteiger partial charge in [0.05, 0.1) is 19.3 Å². The van der Waals surface area contributed by atoms with Gasteiger partial charge in [-0.2, -0.15) is 5.06 Å². The normalized spacial score (nSPS) is 39.1. The molecule has 74 valence electrons. The third-order valence-electron chi connectivity index (χ3n) is 2.94. The molecule has 0 spiro atoms. The van der Waals surface area contributed by atoms with Crippen LogP contribution in [0.5, 0.6) is 0 Å². The number of hydrogen-bond donors (Lipinski definition) is 0. The number of nitrogens with zero attached hydrogens (tertiary/aromatic N) is 1. The summed E-state index contributed by atoms with van der Waals surface area (Å²) in [5, 5.41) is 1.94.